The van der Waals surface area contributed by atoms with E-state index >= 15 is 0 Å². The lowest BCUT2D eigenvalue weighted by molar-refractivity contribution is 0.0444. The number of fused-ring (bicyclic) bond motifs is 1. The van der Waals surface area contributed by atoms with E-state index in [0.717, 1.165) is 5.56 Å². The molecule has 16 heavy (non-hydrogen) atoms. The van der Waals surface area contributed by atoms with Gasteiger partial charge in [-0.2, -0.15) is 0 Å². The van der Waals surface area contributed by atoms with Crippen molar-refractivity contribution in [3.8, 4) is 11.4 Å². The van der Waals surface area contributed by atoms with Crippen molar-refractivity contribution in [1.82, 2.24) is 9.97 Å². The molecule has 0 atom stereocenters. The predicted octanol–water partition coefficient (Wildman–Crippen LogP) is 1.39. The lowest BCUT2D eigenvalue weighted by Gasteiger charge is -1.97. The van der Waals surface area contributed by atoms with Crippen molar-refractivity contribution < 1.29 is 14.3 Å². The van der Waals surface area contributed by atoms with Crippen LogP contribution in [0.3, 0.4) is 0 Å². The summed E-state index contributed by atoms with van der Waals surface area (Å²) in [6.45, 7) is 0. The molecule has 0 amide bonds. The first kappa shape index (κ1) is 8.84. The molecule has 2 aromatic rings. The zero-order valence-corrected chi connectivity index (χ0v) is 8.06. The number of ether oxygens (including phenoxy) is 1. The van der Waals surface area contributed by atoms with Crippen LogP contribution < -0.4 is 0 Å². The van der Waals surface area contributed by atoms with Gasteiger partial charge in [0.2, 0.25) is 0 Å². The summed E-state index contributed by atoms with van der Waals surface area (Å²) in [5.41, 5.74) is 1.34. The Kier molecular flexibility index (Phi) is 1.67. The van der Waals surface area contributed by atoms with Crippen LogP contribution in [0.1, 0.15) is 20.7 Å². The molecular formula is C11H6N2O3. The van der Waals surface area contributed by atoms with Gasteiger partial charge in [0, 0.05) is 18.0 Å². The van der Waals surface area contributed by atoms with Crippen molar-refractivity contribution in [1.29, 1.82) is 0 Å². The summed E-state index contributed by atoms with van der Waals surface area (Å²) in [4.78, 5) is 29.5. The molecule has 3 rings (SSSR count). The van der Waals surface area contributed by atoms with E-state index in [4.69, 9.17) is 0 Å². The van der Waals surface area contributed by atoms with Crippen LogP contribution in [0.5, 0.6) is 0 Å². The number of hydrogen-bond donors (Lipinski definition) is 1. The van der Waals surface area contributed by atoms with Gasteiger partial charge in [-0.15, -0.1) is 0 Å². The number of carbonyl (C=O) groups is 2. The van der Waals surface area contributed by atoms with Gasteiger partial charge in [-0.25, -0.2) is 14.6 Å². The quantitative estimate of drug-likeness (QED) is 0.575. The van der Waals surface area contributed by atoms with Crippen LogP contribution in [0.15, 0.2) is 30.6 Å². The number of nitrogens with zero attached hydrogens (tertiary/aromatic N) is 1. The number of benzene rings is 1. The SMILES string of the molecule is O=C1OC(=O)c2cc(-c3ncc[nH]3)ccc21. The number of H-pyrrole nitrogens is 1. The Bertz CT molecular complexity index is 587. The minimum Gasteiger partial charge on any atom is -0.386 e. The number of hydrogen-bond acceptors (Lipinski definition) is 4. The molecule has 0 unspecified atom stereocenters. The minimum absolute atomic E-state index is 0.291. The average Bonchev–Trinajstić information content (AvgIpc) is 2.88. The molecule has 0 saturated carbocycles. The van der Waals surface area contributed by atoms with Crippen LogP contribution in [0.4, 0.5) is 0 Å². The number of carbonyl (C=O) groups excluding carboxylic acids is 2. The molecule has 2 heterocycles. The van der Waals surface area contributed by atoms with Gasteiger partial charge in [-0.3, -0.25) is 0 Å². The van der Waals surface area contributed by atoms with Crippen molar-refractivity contribution in [2.45, 2.75) is 0 Å². The van der Waals surface area contributed by atoms with Gasteiger partial charge >= 0.3 is 11.9 Å². The van der Waals surface area contributed by atoms with Gasteiger partial charge in [-0.1, -0.05) is 6.07 Å². The first-order chi connectivity index (χ1) is 7.75. The summed E-state index contributed by atoms with van der Waals surface area (Å²) in [6.07, 6.45) is 3.30. The normalized spacial score (nSPS) is 13.8. The minimum atomic E-state index is -0.603. The summed E-state index contributed by atoms with van der Waals surface area (Å²) in [6, 6.07) is 4.89. The smallest absolute Gasteiger partial charge is 0.346 e. The molecule has 1 aliphatic rings. The number of nitrogens with one attached hydrogen (secondary N) is 1. The maximum Gasteiger partial charge on any atom is 0.346 e. The van der Waals surface area contributed by atoms with Gasteiger partial charge in [-0.05, 0) is 12.1 Å². The zero-order valence-electron chi connectivity index (χ0n) is 8.06. The average molecular weight is 214 g/mol. The molecule has 78 valence electrons. The number of aromatic nitrogens is 2. The third-order valence-electron chi connectivity index (χ3n) is 2.42. The highest BCUT2D eigenvalue weighted by molar-refractivity contribution is 6.15. The highest BCUT2D eigenvalue weighted by Gasteiger charge is 2.29. The molecule has 0 fully saturated rings. The Labute approximate surface area is 90.1 Å². The topological polar surface area (TPSA) is 72.1 Å². The van der Waals surface area contributed by atoms with Crippen molar-refractivity contribution in [2.75, 3.05) is 0 Å². The summed E-state index contributed by atoms with van der Waals surface area (Å²) in [5.74, 6) is -0.547. The Morgan fingerprint density at radius 2 is 1.94 bits per heavy atom. The Morgan fingerprint density at radius 3 is 2.69 bits per heavy atom. The number of esters is 2. The maximum atomic E-state index is 11.3. The number of aromatic amines is 1. The molecule has 0 radical (unpaired) electrons. The molecule has 1 aromatic heterocycles. The second-order valence-corrected chi connectivity index (χ2v) is 3.38. The molecule has 5 nitrogen and oxygen atoms in total. The molecule has 0 saturated heterocycles. The van der Waals surface area contributed by atoms with E-state index in [9.17, 15) is 9.59 Å². The Balaban J connectivity index is 2.17. The highest BCUT2D eigenvalue weighted by atomic mass is 16.6. The molecule has 1 aliphatic heterocycles. The molecule has 1 aromatic carbocycles. The van der Waals surface area contributed by atoms with Crippen LogP contribution in [0, 0.1) is 0 Å². The third kappa shape index (κ3) is 1.15. The van der Waals surface area contributed by atoms with E-state index in [0.29, 0.717) is 17.0 Å². The predicted molar refractivity (Wildman–Crippen MR) is 53.8 cm³/mol. The Hall–Kier alpha value is -2.43. The van der Waals surface area contributed by atoms with Crippen LogP contribution in [0.25, 0.3) is 11.4 Å². The van der Waals surface area contributed by atoms with Crippen LogP contribution >= 0.6 is 0 Å². The number of cyclic esters (lactones) is 2. The zero-order chi connectivity index (χ0) is 11.1. The molecule has 0 bridgehead atoms. The fourth-order valence-electron chi connectivity index (χ4n) is 1.66. The van der Waals surface area contributed by atoms with Gasteiger partial charge < -0.3 is 9.72 Å². The second-order valence-electron chi connectivity index (χ2n) is 3.38. The monoisotopic (exact) mass is 214 g/mol. The van der Waals surface area contributed by atoms with E-state index in [1.807, 2.05) is 0 Å². The highest BCUT2D eigenvalue weighted by Crippen LogP contribution is 2.24. The molecule has 1 N–H and O–H groups in total. The van der Waals surface area contributed by atoms with E-state index in [1.54, 1.807) is 30.6 Å². The standard InChI is InChI=1S/C11H6N2O3/c14-10-7-2-1-6(9-12-3-4-13-9)5-8(7)11(15)16-10/h1-5H,(H,12,13). The fourth-order valence-corrected chi connectivity index (χ4v) is 1.66. The molecular weight excluding hydrogens is 208 g/mol. The third-order valence-corrected chi connectivity index (χ3v) is 2.42. The van der Waals surface area contributed by atoms with Crippen molar-refractivity contribution in [3.05, 3.63) is 41.7 Å². The van der Waals surface area contributed by atoms with Gasteiger partial charge in [0.1, 0.15) is 5.82 Å². The lowest BCUT2D eigenvalue weighted by atomic mass is 10.1. The number of imidazole rings is 1. The molecule has 0 aliphatic carbocycles. The van der Waals surface area contributed by atoms with E-state index in [2.05, 4.69) is 14.7 Å². The van der Waals surface area contributed by atoms with Crippen LogP contribution in [0.2, 0.25) is 0 Å². The van der Waals surface area contributed by atoms with E-state index in [1.165, 1.54) is 0 Å². The first-order valence-electron chi connectivity index (χ1n) is 4.66. The first-order valence-corrected chi connectivity index (χ1v) is 4.66. The van der Waals surface area contributed by atoms with Crippen LogP contribution in [-0.2, 0) is 4.74 Å². The van der Waals surface area contributed by atoms with E-state index < -0.39 is 11.9 Å². The van der Waals surface area contributed by atoms with Gasteiger partial charge in [0.25, 0.3) is 0 Å². The fraction of sp³-hybridized carbons (Fsp3) is 0. The Morgan fingerprint density at radius 1 is 1.12 bits per heavy atom. The largest absolute Gasteiger partial charge is 0.386 e. The lowest BCUT2D eigenvalue weighted by Crippen LogP contribution is -1.96. The second kappa shape index (κ2) is 3.03. The summed E-state index contributed by atoms with van der Waals surface area (Å²) < 4.78 is 4.50. The molecule has 5 heteroatoms. The van der Waals surface area contributed by atoms with Gasteiger partial charge in [0.15, 0.2) is 0 Å². The molecule has 0 spiro atoms. The maximum absolute atomic E-state index is 11.3. The van der Waals surface area contributed by atoms with Crippen molar-refractivity contribution in [3.63, 3.8) is 0 Å². The summed E-state index contributed by atoms with van der Waals surface area (Å²) in [5, 5.41) is 0. The summed E-state index contributed by atoms with van der Waals surface area (Å²) >= 11 is 0. The van der Waals surface area contributed by atoms with Crippen LogP contribution in [-0.4, -0.2) is 21.9 Å². The van der Waals surface area contributed by atoms with Crippen molar-refractivity contribution >= 4 is 11.9 Å². The summed E-state index contributed by atoms with van der Waals surface area (Å²) in [7, 11) is 0. The number of rotatable bonds is 1. The van der Waals surface area contributed by atoms with Crippen molar-refractivity contribution in [2.24, 2.45) is 0 Å². The van der Waals surface area contributed by atoms with E-state index in [-0.39, 0.29) is 0 Å². The van der Waals surface area contributed by atoms with Gasteiger partial charge in [0.05, 0.1) is 11.1 Å².